The van der Waals surface area contributed by atoms with Crippen molar-refractivity contribution < 1.29 is 4.79 Å². The first kappa shape index (κ1) is 18.1. The van der Waals surface area contributed by atoms with Crippen LogP contribution in [0.4, 0.5) is 0 Å². The average Bonchev–Trinajstić information content (AvgIpc) is 2.62. The summed E-state index contributed by atoms with van der Waals surface area (Å²) in [7, 11) is -2.32. The van der Waals surface area contributed by atoms with Crippen LogP contribution >= 0.6 is 15.9 Å². The van der Waals surface area contributed by atoms with Gasteiger partial charge in [0.05, 0.1) is 0 Å². The van der Waals surface area contributed by atoms with E-state index in [1.54, 1.807) is 0 Å². The molecule has 0 N–H and O–H groups in total. The van der Waals surface area contributed by atoms with Crippen molar-refractivity contribution in [1.82, 2.24) is 0 Å². The molecule has 0 atom stereocenters. The highest BCUT2D eigenvalue weighted by atomic mass is 79.9. The first-order valence-electron chi connectivity index (χ1n) is 8.40. The molecule has 3 heteroatoms. The number of rotatable bonds is 9. The number of hydrogen-bond acceptors (Lipinski definition) is 1. The first-order valence-corrected chi connectivity index (χ1v) is 12.0. The van der Waals surface area contributed by atoms with Gasteiger partial charge in [-0.2, -0.15) is 0 Å². The lowest BCUT2D eigenvalue weighted by Crippen LogP contribution is -2.62. The van der Waals surface area contributed by atoms with E-state index in [2.05, 4.69) is 46.7 Å². The smallest absolute Gasteiger partial charge is 0.190 e. The molecule has 0 unspecified atom stereocenters. The third kappa shape index (κ3) is 4.64. The summed E-state index contributed by atoms with van der Waals surface area (Å²) >= 11 is 3.46. The molecular formula is C20H25BrOSi. The van der Waals surface area contributed by atoms with Crippen LogP contribution in [-0.2, 0) is 4.79 Å². The Morgan fingerprint density at radius 2 is 1.30 bits per heavy atom. The van der Waals surface area contributed by atoms with Gasteiger partial charge in [0.25, 0.3) is 0 Å². The van der Waals surface area contributed by atoms with E-state index in [1.165, 1.54) is 23.2 Å². The van der Waals surface area contributed by atoms with Gasteiger partial charge < -0.3 is 4.79 Å². The maximum atomic E-state index is 13.2. The van der Waals surface area contributed by atoms with Crippen molar-refractivity contribution in [3.05, 3.63) is 60.7 Å². The highest BCUT2D eigenvalue weighted by molar-refractivity contribution is 9.09. The SMILES string of the molecule is C[Si](C(=O)CCCCCCBr)(c1ccccc1)c1ccccc1. The highest BCUT2D eigenvalue weighted by Gasteiger charge is 2.38. The standard InChI is InChI=1S/C20H25BrOSi/c1-23(18-12-6-4-7-13-18,19-14-8-5-9-15-19)20(22)16-10-2-3-11-17-21/h4-9,12-15H,2-3,10-11,16-17H2,1H3. The Morgan fingerprint density at radius 3 is 1.78 bits per heavy atom. The van der Waals surface area contributed by atoms with Gasteiger partial charge in [0, 0.05) is 11.8 Å². The molecule has 23 heavy (non-hydrogen) atoms. The van der Waals surface area contributed by atoms with Gasteiger partial charge in [-0.1, -0.05) is 96.0 Å². The Bertz CT molecular complexity index is 558. The molecule has 0 aliphatic rings. The summed E-state index contributed by atoms with van der Waals surface area (Å²) < 4.78 is 0. The van der Waals surface area contributed by atoms with Crippen molar-refractivity contribution in [1.29, 1.82) is 0 Å². The van der Waals surface area contributed by atoms with Gasteiger partial charge in [-0.3, -0.25) is 0 Å². The second-order valence-electron chi connectivity index (χ2n) is 6.13. The third-order valence-electron chi connectivity index (χ3n) is 4.55. The monoisotopic (exact) mass is 388 g/mol. The zero-order valence-electron chi connectivity index (χ0n) is 13.8. The lowest BCUT2D eigenvalue weighted by molar-refractivity contribution is -0.112. The second-order valence-corrected chi connectivity index (χ2v) is 10.9. The van der Waals surface area contributed by atoms with E-state index in [0.29, 0.717) is 11.8 Å². The number of halogens is 1. The lowest BCUT2D eigenvalue weighted by Gasteiger charge is -2.27. The van der Waals surface area contributed by atoms with Crippen molar-refractivity contribution in [3.8, 4) is 0 Å². The van der Waals surface area contributed by atoms with Gasteiger partial charge in [-0.25, -0.2) is 0 Å². The minimum absolute atomic E-state index is 0.453. The second kappa shape index (κ2) is 9.19. The topological polar surface area (TPSA) is 17.1 Å². The summed E-state index contributed by atoms with van der Waals surface area (Å²) in [5.41, 5.74) is 0. The molecule has 122 valence electrons. The number of carbonyl (C=O) groups excluding carboxylic acids is 1. The number of unbranched alkanes of at least 4 members (excludes halogenated alkanes) is 3. The molecule has 0 fully saturated rings. The number of carbonyl (C=O) groups is 1. The molecule has 0 aromatic heterocycles. The van der Waals surface area contributed by atoms with Crippen LogP contribution in [0.2, 0.25) is 6.55 Å². The van der Waals surface area contributed by atoms with Crippen LogP contribution in [0.15, 0.2) is 60.7 Å². The fraction of sp³-hybridized carbons (Fsp3) is 0.350. The van der Waals surface area contributed by atoms with Crippen molar-refractivity contribution in [2.24, 2.45) is 0 Å². The fourth-order valence-electron chi connectivity index (χ4n) is 3.02. The van der Waals surface area contributed by atoms with E-state index in [1.807, 2.05) is 36.4 Å². The van der Waals surface area contributed by atoms with Crippen LogP contribution in [0.3, 0.4) is 0 Å². The van der Waals surface area contributed by atoms with Crippen LogP contribution in [0.5, 0.6) is 0 Å². The summed E-state index contributed by atoms with van der Waals surface area (Å²) in [4.78, 5) is 13.2. The van der Waals surface area contributed by atoms with Gasteiger partial charge in [0.1, 0.15) is 5.41 Å². The number of benzene rings is 2. The minimum atomic E-state index is -2.32. The first-order chi connectivity index (χ1) is 11.2. The third-order valence-corrected chi connectivity index (χ3v) is 9.45. The van der Waals surface area contributed by atoms with E-state index in [0.717, 1.165) is 18.2 Å². The average molecular weight is 389 g/mol. The summed E-state index contributed by atoms with van der Waals surface area (Å²) in [5, 5.41) is 3.95. The molecule has 0 amide bonds. The molecule has 0 aliphatic carbocycles. The Labute approximate surface area is 149 Å². The maximum absolute atomic E-state index is 13.2. The van der Waals surface area contributed by atoms with E-state index in [9.17, 15) is 4.79 Å². The normalized spacial score (nSPS) is 11.4. The fourth-order valence-corrected chi connectivity index (χ4v) is 6.78. The van der Waals surface area contributed by atoms with Crippen molar-refractivity contribution in [3.63, 3.8) is 0 Å². The molecule has 0 saturated heterocycles. The highest BCUT2D eigenvalue weighted by Crippen LogP contribution is 2.13. The molecule has 0 spiro atoms. The van der Waals surface area contributed by atoms with Gasteiger partial charge in [0.2, 0.25) is 0 Å². The van der Waals surface area contributed by atoms with E-state index in [-0.39, 0.29) is 0 Å². The summed E-state index contributed by atoms with van der Waals surface area (Å²) in [6.45, 7) is 2.21. The van der Waals surface area contributed by atoms with E-state index >= 15 is 0 Å². The zero-order valence-corrected chi connectivity index (χ0v) is 16.4. The molecule has 0 heterocycles. The quantitative estimate of drug-likeness (QED) is 0.354. The zero-order chi connectivity index (χ0) is 16.5. The minimum Gasteiger partial charge on any atom is -0.305 e. The van der Waals surface area contributed by atoms with Crippen LogP contribution < -0.4 is 10.4 Å². The van der Waals surface area contributed by atoms with Gasteiger partial charge >= 0.3 is 0 Å². The summed E-state index contributed by atoms with van der Waals surface area (Å²) in [6.07, 6.45) is 5.25. The molecule has 0 radical (unpaired) electrons. The Balaban J connectivity index is 2.19. The van der Waals surface area contributed by atoms with Crippen LogP contribution in [0.25, 0.3) is 0 Å². The summed E-state index contributed by atoms with van der Waals surface area (Å²) in [5.74, 6) is 0. The molecule has 0 bridgehead atoms. The molecule has 2 aromatic carbocycles. The predicted octanol–water partition coefficient (Wildman–Crippen LogP) is 4.33. The molecule has 2 aromatic rings. The van der Waals surface area contributed by atoms with Crippen LogP contribution in [0, 0.1) is 0 Å². The van der Waals surface area contributed by atoms with Gasteiger partial charge in [-0.15, -0.1) is 0 Å². The van der Waals surface area contributed by atoms with Crippen molar-refractivity contribution in [2.75, 3.05) is 5.33 Å². The van der Waals surface area contributed by atoms with Crippen LogP contribution in [-0.4, -0.2) is 18.8 Å². The Kier molecular flexibility index (Phi) is 7.25. The maximum Gasteiger partial charge on any atom is 0.190 e. The molecule has 2 rings (SSSR count). The van der Waals surface area contributed by atoms with Crippen molar-refractivity contribution in [2.45, 2.75) is 38.7 Å². The summed E-state index contributed by atoms with van der Waals surface area (Å²) in [6, 6.07) is 20.7. The largest absolute Gasteiger partial charge is 0.305 e. The van der Waals surface area contributed by atoms with Crippen molar-refractivity contribution >= 4 is 39.8 Å². The molecule has 1 nitrogen and oxygen atoms in total. The Morgan fingerprint density at radius 1 is 0.826 bits per heavy atom. The number of hydrogen-bond donors (Lipinski definition) is 0. The molecule has 0 saturated carbocycles. The lowest BCUT2D eigenvalue weighted by atomic mass is 10.2. The number of alkyl halides is 1. The Hall–Kier alpha value is -1.19. The molecular weight excluding hydrogens is 364 g/mol. The van der Waals surface area contributed by atoms with Gasteiger partial charge in [-0.05, 0) is 23.2 Å². The predicted molar refractivity (Wildman–Crippen MR) is 106 cm³/mol. The van der Waals surface area contributed by atoms with Gasteiger partial charge in [0.15, 0.2) is 8.07 Å². The van der Waals surface area contributed by atoms with Crippen LogP contribution in [0.1, 0.15) is 32.1 Å². The van der Waals surface area contributed by atoms with E-state index < -0.39 is 8.07 Å². The molecule has 0 aliphatic heterocycles. The van der Waals surface area contributed by atoms with E-state index in [4.69, 9.17) is 0 Å².